The Balaban J connectivity index is 2.37. The first-order valence-corrected chi connectivity index (χ1v) is 5.69. The predicted octanol–water partition coefficient (Wildman–Crippen LogP) is 2.58. The van der Waals surface area contributed by atoms with Crippen LogP contribution in [0.3, 0.4) is 0 Å². The molecule has 0 aliphatic heterocycles. The quantitative estimate of drug-likeness (QED) is 0.815. The monoisotopic (exact) mass is 231 g/mol. The summed E-state index contributed by atoms with van der Waals surface area (Å²) >= 11 is 0. The third-order valence-corrected chi connectivity index (χ3v) is 2.32. The Bertz CT molecular complexity index is 517. The van der Waals surface area contributed by atoms with E-state index in [1.165, 1.54) is 0 Å². The lowest BCUT2D eigenvalue weighted by Crippen LogP contribution is -2.07. The highest BCUT2D eigenvalue weighted by Crippen LogP contribution is 2.23. The molecule has 0 fully saturated rings. The van der Waals surface area contributed by atoms with Gasteiger partial charge in [-0.15, -0.1) is 0 Å². The van der Waals surface area contributed by atoms with Crippen LogP contribution in [0, 0.1) is 6.92 Å². The molecule has 2 aromatic heterocycles. The molecule has 2 rings (SSSR count). The lowest BCUT2D eigenvalue weighted by Gasteiger charge is -2.10. The van der Waals surface area contributed by atoms with E-state index < -0.39 is 0 Å². The van der Waals surface area contributed by atoms with Crippen molar-refractivity contribution >= 4 is 0 Å². The van der Waals surface area contributed by atoms with Crippen molar-refractivity contribution in [3.63, 3.8) is 0 Å². The Hall–Kier alpha value is -1.84. The largest absolute Gasteiger partial charge is 0.475 e. The number of hydrogen-bond acceptors (Lipinski definition) is 3. The number of hydrogen-bond donors (Lipinski definition) is 0. The average Bonchev–Trinajstić information content (AvgIpc) is 2.62. The van der Waals surface area contributed by atoms with Crippen LogP contribution in [-0.2, 0) is 7.05 Å². The zero-order valence-electron chi connectivity index (χ0n) is 10.6. The number of ether oxygens (including phenoxy) is 1. The summed E-state index contributed by atoms with van der Waals surface area (Å²) in [6, 6.07) is 3.98. The molecule has 0 radical (unpaired) electrons. The van der Waals surface area contributed by atoms with Crippen molar-refractivity contribution < 1.29 is 4.74 Å². The smallest absolute Gasteiger partial charge is 0.214 e. The zero-order valence-corrected chi connectivity index (χ0v) is 10.6. The molecule has 0 aromatic carbocycles. The van der Waals surface area contributed by atoms with Gasteiger partial charge in [0.15, 0.2) is 0 Å². The highest BCUT2D eigenvalue weighted by atomic mass is 16.5. The molecule has 0 saturated carbocycles. The first kappa shape index (κ1) is 11.6. The van der Waals surface area contributed by atoms with Crippen LogP contribution in [0.1, 0.15) is 19.5 Å². The fourth-order valence-electron chi connectivity index (χ4n) is 1.68. The van der Waals surface area contributed by atoms with Gasteiger partial charge < -0.3 is 4.74 Å². The van der Waals surface area contributed by atoms with Gasteiger partial charge in [-0.1, -0.05) is 0 Å². The molecule has 0 bridgehead atoms. The third kappa shape index (κ3) is 2.84. The third-order valence-electron chi connectivity index (χ3n) is 2.32. The molecule has 17 heavy (non-hydrogen) atoms. The molecule has 0 N–H and O–H groups in total. The van der Waals surface area contributed by atoms with Crippen LogP contribution in [0.4, 0.5) is 0 Å². The van der Waals surface area contributed by atoms with Gasteiger partial charge in [0.2, 0.25) is 5.88 Å². The van der Waals surface area contributed by atoms with Gasteiger partial charge in [-0.25, -0.2) is 4.98 Å². The van der Waals surface area contributed by atoms with Gasteiger partial charge in [0.25, 0.3) is 0 Å². The molecular formula is C13H17N3O. The maximum Gasteiger partial charge on any atom is 0.214 e. The minimum Gasteiger partial charge on any atom is -0.475 e. The molecule has 0 amide bonds. The Morgan fingerprint density at radius 3 is 2.59 bits per heavy atom. The number of rotatable bonds is 3. The molecule has 0 aliphatic carbocycles. The van der Waals surface area contributed by atoms with Crippen molar-refractivity contribution in [2.24, 2.45) is 7.05 Å². The molecule has 4 nitrogen and oxygen atoms in total. The number of aromatic nitrogens is 3. The van der Waals surface area contributed by atoms with Gasteiger partial charge in [0.05, 0.1) is 12.3 Å². The molecule has 0 atom stereocenters. The van der Waals surface area contributed by atoms with Crippen molar-refractivity contribution in [1.29, 1.82) is 0 Å². The molecule has 0 aliphatic rings. The summed E-state index contributed by atoms with van der Waals surface area (Å²) in [6.45, 7) is 5.95. The van der Waals surface area contributed by atoms with Crippen molar-refractivity contribution in [2.75, 3.05) is 0 Å². The van der Waals surface area contributed by atoms with E-state index in [4.69, 9.17) is 4.74 Å². The highest BCUT2D eigenvalue weighted by Gasteiger charge is 2.06. The first-order chi connectivity index (χ1) is 8.04. The topological polar surface area (TPSA) is 39.9 Å². The van der Waals surface area contributed by atoms with Gasteiger partial charge in [-0.3, -0.25) is 4.68 Å². The van der Waals surface area contributed by atoms with Crippen LogP contribution in [-0.4, -0.2) is 20.9 Å². The minimum atomic E-state index is 0.131. The van der Waals surface area contributed by atoms with Crippen molar-refractivity contribution in [2.45, 2.75) is 26.9 Å². The van der Waals surface area contributed by atoms with Crippen LogP contribution in [0.2, 0.25) is 0 Å². The van der Waals surface area contributed by atoms with Gasteiger partial charge >= 0.3 is 0 Å². The van der Waals surface area contributed by atoms with E-state index in [1.54, 1.807) is 4.68 Å². The van der Waals surface area contributed by atoms with E-state index in [0.29, 0.717) is 5.88 Å². The molecule has 2 aromatic rings. The van der Waals surface area contributed by atoms with E-state index in [0.717, 1.165) is 16.8 Å². The van der Waals surface area contributed by atoms with Crippen molar-refractivity contribution in [3.8, 4) is 17.0 Å². The van der Waals surface area contributed by atoms with Gasteiger partial charge in [-0.05, 0) is 32.4 Å². The second-order valence-electron chi connectivity index (χ2n) is 4.40. The van der Waals surface area contributed by atoms with Gasteiger partial charge in [-0.2, -0.15) is 5.10 Å². The number of pyridine rings is 1. The van der Waals surface area contributed by atoms with Gasteiger partial charge in [0, 0.05) is 30.6 Å². The predicted molar refractivity (Wildman–Crippen MR) is 66.9 cm³/mol. The first-order valence-electron chi connectivity index (χ1n) is 5.69. The van der Waals surface area contributed by atoms with Crippen molar-refractivity contribution in [3.05, 3.63) is 30.2 Å². The number of nitrogens with zero attached hydrogens (tertiary/aromatic N) is 3. The Morgan fingerprint density at radius 2 is 2.00 bits per heavy atom. The molecule has 90 valence electrons. The summed E-state index contributed by atoms with van der Waals surface area (Å²) in [6.07, 6.45) is 3.95. The van der Waals surface area contributed by atoms with Gasteiger partial charge in [0.1, 0.15) is 0 Å². The molecule has 4 heteroatoms. The fourth-order valence-corrected chi connectivity index (χ4v) is 1.68. The van der Waals surface area contributed by atoms with Crippen LogP contribution in [0.15, 0.2) is 24.5 Å². The summed E-state index contributed by atoms with van der Waals surface area (Å²) in [4.78, 5) is 4.36. The van der Waals surface area contributed by atoms with Crippen molar-refractivity contribution in [1.82, 2.24) is 14.8 Å². The Labute approximate surface area is 101 Å². The number of aryl methyl sites for hydroxylation is 2. The summed E-state index contributed by atoms with van der Waals surface area (Å²) < 4.78 is 7.41. The summed E-state index contributed by atoms with van der Waals surface area (Å²) in [5.74, 6) is 0.666. The zero-order chi connectivity index (χ0) is 12.4. The molecule has 0 unspecified atom stereocenters. The lowest BCUT2D eigenvalue weighted by molar-refractivity contribution is 0.232. The normalized spacial score (nSPS) is 10.9. The van der Waals surface area contributed by atoms with E-state index in [9.17, 15) is 0 Å². The molecule has 0 saturated heterocycles. The SMILES string of the molecule is Cc1cc(-c2cnn(C)c2)cc(OC(C)C)n1. The maximum atomic E-state index is 5.63. The lowest BCUT2D eigenvalue weighted by atomic mass is 10.1. The standard InChI is InChI=1S/C13H17N3O/c1-9(2)17-13-6-11(5-10(3)15-13)12-7-14-16(4)8-12/h5-9H,1-4H3. The summed E-state index contributed by atoms with van der Waals surface area (Å²) in [5.41, 5.74) is 3.11. The second kappa shape index (κ2) is 4.57. The van der Waals surface area contributed by atoms with Crippen LogP contribution in [0.25, 0.3) is 11.1 Å². The summed E-state index contributed by atoms with van der Waals surface area (Å²) in [7, 11) is 1.91. The van der Waals surface area contributed by atoms with Crippen LogP contribution in [0.5, 0.6) is 5.88 Å². The van der Waals surface area contributed by atoms with E-state index in [2.05, 4.69) is 10.1 Å². The summed E-state index contributed by atoms with van der Waals surface area (Å²) in [5, 5.41) is 4.17. The van der Waals surface area contributed by atoms with E-state index in [1.807, 2.05) is 52.3 Å². The Morgan fingerprint density at radius 1 is 1.24 bits per heavy atom. The molecular weight excluding hydrogens is 214 g/mol. The van der Waals surface area contributed by atoms with E-state index in [-0.39, 0.29) is 6.10 Å². The minimum absolute atomic E-state index is 0.131. The average molecular weight is 231 g/mol. The van der Waals surface area contributed by atoms with Crippen LogP contribution >= 0.6 is 0 Å². The maximum absolute atomic E-state index is 5.63. The highest BCUT2D eigenvalue weighted by molar-refractivity contribution is 5.63. The Kier molecular flexibility index (Phi) is 3.13. The van der Waals surface area contributed by atoms with Crippen LogP contribution < -0.4 is 4.74 Å². The second-order valence-corrected chi connectivity index (χ2v) is 4.40. The fraction of sp³-hybridized carbons (Fsp3) is 0.385. The van der Waals surface area contributed by atoms with E-state index >= 15 is 0 Å². The molecule has 0 spiro atoms. The molecule has 2 heterocycles.